The number of nitrogens with two attached hydrogens (primary N) is 1. The number of benzene rings is 2. The Morgan fingerprint density at radius 3 is 2.47 bits per heavy atom. The van der Waals surface area contributed by atoms with E-state index in [4.69, 9.17) is 10.5 Å². The molecule has 2 rings (SSSR count). The molecule has 0 unspecified atom stereocenters. The Hall–Kier alpha value is -2.56. The monoisotopic (exact) mass is 260 g/mol. The minimum absolute atomic E-state index is 0.222. The molecular formula is C14H13FN2O2. The van der Waals surface area contributed by atoms with Crippen molar-refractivity contribution in [3.8, 4) is 11.5 Å². The summed E-state index contributed by atoms with van der Waals surface area (Å²) in [6, 6.07) is 10.3. The van der Waals surface area contributed by atoms with Crippen molar-refractivity contribution in [2.45, 2.75) is 0 Å². The van der Waals surface area contributed by atoms with Gasteiger partial charge in [0.2, 0.25) is 0 Å². The fourth-order valence-corrected chi connectivity index (χ4v) is 1.56. The molecule has 4 nitrogen and oxygen atoms in total. The van der Waals surface area contributed by atoms with E-state index in [9.17, 15) is 9.18 Å². The summed E-state index contributed by atoms with van der Waals surface area (Å²) < 4.78 is 18.3. The lowest BCUT2D eigenvalue weighted by atomic mass is 10.2. The molecule has 19 heavy (non-hydrogen) atoms. The Labute approximate surface area is 110 Å². The van der Waals surface area contributed by atoms with Gasteiger partial charge in [-0.1, -0.05) is 0 Å². The van der Waals surface area contributed by atoms with Crippen molar-refractivity contribution in [2.75, 3.05) is 12.8 Å². The zero-order chi connectivity index (χ0) is 13.8. The van der Waals surface area contributed by atoms with Gasteiger partial charge in [0.1, 0.15) is 17.3 Å². The van der Waals surface area contributed by atoms with Crippen LogP contribution in [-0.2, 0) is 0 Å². The molecule has 2 aromatic rings. The number of carbonyl (C=O) groups excluding carboxylic acids is 1. The minimum atomic E-state index is -0.338. The molecule has 5 heteroatoms. The quantitative estimate of drug-likeness (QED) is 0.833. The summed E-state index contributed by atoms with van der Waals surface area (Å²) >= 11 is 0. The summed E-state index contributed by atoms with van der Waals surface area (Å²) in [4.78, 5) is 11.4. The van der Waals surface area contributed by atoms with Crippen molar-refractivity contribution in [3.63, 3.8) is 0 Å². The van der Waals surface area contributed by atoms with Crippen LogP contribution in [0, 0.1) is 5.82 Å². The second-order valence-corrected chi connectivity index (χ2v) is 3.89. The average Bonchev–Trinajstić information content (AvgIpc) is 2.42. The smallest absolute Gasteiger partial charge is 0.251 e. The lowest BCUT2D eigenvalue weighted by Gasteiger charge is -2.09. The van der Waals surface area contributed by atoms with Crippen LogP contribution < -0.4 is 15.8 Å². The number of hydrogen-bond acceptors (Lipinski definition) is 3. The molecule has 0 aliphatic heterocycles. The first kappa shape index (κ1) is 12.9. The van der Waals surface area contributed by atoms with E-state index in [1.54, 1.807) is 19.2 Å². The number of nitrogen functional groups attached to an aromatic ring is 1. The van der Waals surface area contributed by atoms with Gasteiger partial charge < -0.3 is 15.8 Å². The fraction of sp³-hybridized carbons (Fsp3) is 0.0714. The molecule has 0 fully saturated rings. The van der Waals surface area contributed by atoms with Crippen LogP contribution in [0.15, 0.2) is 42.5 Å². The number of rotatable bonds is 3. The molecule has 0 aromatic heterocycles. The molecule has 0 atom stereocenters. The molecular weight excluding hydrogens is 247 g/mol. The Balaban J connectivity index is 2.22. The maximum atomic E-state index is 12.8. The predicted octanol–water partition coefficient (Wildman–Crippen LogP) is 2.56. The Morgan fingerprint density at radius 2 is 1.89 bits per heavy atom. The van der Waals surface area contributed by atoms with E-state index < -0.39 is 0 Å². The minimum Gasteiger partial charge on any atom is -0.455 e. The van der Waals surface area contributed by atoms with E-state index in [-0.39, 0.29) is 11.7 Å². The first-order valence-electron chi connectivity index (χ1n) is 5.65. The number of anilines is 1. The highest BCUT2D eigenvalue weighted by atomic mass is 19.1. The summed E-state index contributed by atoms with van der Waals surface area (Å²) in [5.74, 6) is 0.329. The van der Waals surface area contributed by atoms with Crippen molar-refractivity contribution in [2.24, 2.45) is 0 Å². The number of nitrogens with one attached hydrogen (secondary N) is 1. The summed E-state index contributed by atoms with van der Waals surface area (Å²) in [6.07, 6.45) is 0. The maximum absolute atomic E-state index is 12.8. The van der Waals surface area contributed by atoms with Gasteiger partial charge in [-0.3, -0.25) is 4.79 Å². The number of amides is 1. The van der Waals surface area contributed by atoms with Crippen molar-refractivity contribution in [3.05, 3.63) is 53.8 Å². The first-order valence-corrected chi connectivity index (χ1v) is 5.65. The summed E-state index contributed by atoms with van der Waals surface area (Å²) in [5.41, 5.74) is 6.60. The fourth-order valence-electron chi connectivity index (χ4n) is 1.56. The van der Waals surface area contributed by atoms with Crippen LogP contribution in [-0.4, -0.2) is 13.0 Å². The number of carbonyl (C=O) groups is 1. The molecule has 0 saturated carbocycles. The second kappa shape index (κ2) is 5.39. The third-order valence-corrected chi connectivity index (χ3v) is 2.54. The van der Waals surface area contributed by atoms with E-state index in [0.29, 0.717) is 22.7 Å². The largest absolute Gasteiger partial charge is 0.455 e. The average molecular weight is 260 g/mol. The lowest BCUT2D eigenvalue weighted by molar-refractivity contribution is 0.0963. The number of halogens is 1. The Bertz CT molecular complexity index is 597. The molecule has 0 aliphatic rings. The van der Waals surface area contributed by atoms with Crippen molar-refractivity contribution >= 4 is 11.6 Å². The predicted molar refractivity (Wildman–Crippen MR) is 70.7 cm³/mol. The lowest BCUT2D eigenvalue weighted by Crippen LogP contribution is -2.17. The van der Waals surface area contributed by atoms with E-state index >= 15 is 0 Å². The first-order chi connectivity index (χ1) is 9.10. The second-order valence-electron chi connectivity index (χ2n) is 3.89. The van der Waals surface area contributed by atoms with Crippen LogP contribution in [0.4, 0.5) is 10.1 Å². The zero-order valence-electron chi connectivity index (χ0n) is 10.3. The van der Waals surface area contributed by atoms with E-state index in [1.165, 1.54) is 30.3 Å². The SMILES string of the molecule is CNC(=O)c1ccc(Oc2ccc(F)cc2)c(N)c1. The molecule has 1 amide bonds. The van der Waals surface area contributed by atoms with Gasteiger partial charge in [0.15, 0.2) is 0 Å². The summed E-state index contributed by atoms with van der Waals surface area (Å²) in [5, 5.41) is 2.51. The topological polar surface area (TPSA) is 64.3 Å². The molecule has 0 spiro atoms. The van der Waals surface area contributed by atoms with Crippen molar-refractivity contribution in [1.29, 1.82) is 0 Å². The Kier molecular flexibility index (Phi) is 3.66. The summed E-state index contributed by atoms with van der Waals surface area (Å²) in [6.45, 7) is 0. The standard InChI is InChI=1S/C14H13FN2O2/c1-17-14(18)9-2-7-13(12(16)8-9)19-11-5-3-10(15)4-6-11/h2-8H,16H2,1H3,(H,17,18). The van der Waals surface area contributed by atoms with Crippen molar-refractivity contribution in [1.82, 2.24) is 5.32 Å². The zero-order valence-corrected chi connectivity index (χ0v) is 10.3. The van der Waals surface area contributed by atoms with Crippen LogP contribution in [0.5, 0.6) is 11.5 Å². The number of ether oxygens (including phenoxy) is 1. The molecule has 98 valence electrons. The molecule has 0 radical (unpaired) electrons. The van der Waals surface area contributed by atoms with E-state index in [0.717, 1.165) is 0 Å². The molecule has 0 heterocycles. The third kappa shape index (κ3) is 3.01. The van der Waals surface area contributed by atoms with Crippen LogP contribution in [0.25, 0.3) is 0 Å². The van der Waals surface area contributed by atoms with E-state index in [2.05, 4.69) is 5.32 Å². The van der Waals surface area contributed by atoms with Gasteiger partial charge in [0, 0.05) is 12.6 Å². The highest BCUT2D eigenvalue weighted by Gasteiger charge is 2.08. The van der Waals surface area contributed by atoms with Gasteiger partial charge in [-0.25, -0.2) is 4.39 Å². The van der Waals surface area contributed by atoms with E-state index in [1.807, 2.05) is 0 Å². The van der Waals surface area contributed by atoms with Crippen LogP contribution in [0.3, 0.4) is 0 Å². The number of hydrogen-bond donors (Lipinski definition) is 2. The van der Waals surface area contributed by atoms with Gasteiger partial charge in [-0.2, -0.15) is 0 Å². The highest BCUT2D eigenvalue weighted by Crippen LogP contribution is 2.28. The van der Waals surface area contributed by atoms with Crippen molar-refractivity contribution < 1.29 is 13.9 Å². The normalized spacial score (nSPS) is 10.0. The third-order valence-electron chi connectivity index (χ3n) is 2.54. The van der Waals surface area contributed by atoms with Gasteiger partial charge >= 0.3 is 0 Å². The van der Waals surface area contributed by atoms with Gasteiger partial charge in [-0.15, -0.1) is 0 Å². The van der Waals surface area contributed by atoms with Gasteiger partial charge in [-0.05, 0) is 42.5 Å². The Morgan fingerprint density at radius 1 is 1.21 bits per heavy atom. The molecule has 3 N–H and O–H groups in total. The van der Waals surface area contributed by atoms with Gasteiger partial charge in [0.05, 0.1) is 5.69 Å². The molecule has 0 aliphatic carbocycles. The van der Waals surface area contributed by atoms with Crippen LogP contribution >= 0.6 is 0 Å². The summed E-state index contributed by atoms with van der Waals surface area (Å²) in [7, 11) is 1.54. The highest BCUT2D eigenvalue weighted by molar-refractivity contribution is 5.95. The van der Waals surface area contributed by atoms with Gasteiger partial charge in [0.25, 0.3) is 5.91 Å². The molecule has 0 bridgehead atoms. The van der Waals surface area contributed by atoms with Crippen LogP contribution in [0.1, 0.15) is 10.4 Å². The molecule has 0 saturated heterocycles. The maximum Gasteiger partial charge on any atom is 0.251 e. The molecule has 2 aromatic carbocycles. The van der Waals surface area contributed by atoms with Crippen LogP contribution in [0.2, 0.25) is 0 Å².